The Hall–Kier alpha value is -1.13. The first kappa shape index (κ1) is 15.9. The second kappa shape index (κ2) is 9.75. The quantitative estimate of drug-likeness (QED) is 0.691. The van der Waals surface area contributed by atoms with Crippen LogP contribution in [0.25, 0.3) is 0 Å². The molecule has 3 nitrogen and oxygen atoms in total. The molecule has 0 aliphatic carbocycles. The van der Waals surface area contributed by atoms with Crippen LogP contribution in [0.2, 0.25) is 5.02 Å². The summed E-state index contributed by atoms with van der Waals surface area (Å²) in [5.41, 5.74) is 0.678. The van der Waals surface area contributed by atoms with E-state index in [0.717, 1.165) is 25.0 Å². The Kier molecular flexibility index (Phi) is 8.18. The Balaban J connectivity index is 2.08. The molecule has 0 unspecified atom stereocenters. The van der Waals surface area contributed by atoms with Gasteiger partial charge in [-0.1, -0.05) is 18.2 Å². The van der Waals surface area contributed by atoms with Gasteiger partial charge in [-0.3, -0.25) is 5.32 Å². The lowest BCUT2D eigenvalue weighted by molar-refractivity contribution is 0.159. The van der Waals surface area contributed by atoms with Crippen LogP contribution < -0.4 is 5.32 Å². The van der Waals surface area contributed by atoms with Crippen molar-refractivity contribution in [2.45, 2.75) is 19.3 Å². The van der Waals surface area contributed by atoms with Crippen LogP contribution in [-0.2, 0) is 4.74 Å². The van der Waals surface area contributed by atoms with Crippen molar-refractivity contribution in [1.82, 2.24) is 0 Å². The second-order valence-electron chi connectivity index (χ2n) is 3.87. The van der Waals surface area contributed by atoms with Crippen molar-refractivity contribution in [3.8, 4) is 0 Å². The second-order valence-corrected chi connectivity index (χ2v) is 5.38. The van der Waals surface area contributed by atoms with Crippen molar-refractivity contribution in [2.75, 3.05) is 17.7 Å². The number of nitrogens with one attached hydrogen (secondary N) is 1. The third-order valence-electron chi connectivity index (χ3n) is 2.35. The number of halogens is 1. The molecule has 0 radical (unpaired) electrons. The van der Waals surface area contributed by atoms with Crippen LogP contribution in [0.4, 0.5) is 10.5 Å². The molecule has 5 heteroatoms. The molecule has 0 bridgehead atoms. The van der Waals surface area contributed by atoms with Crippen LogP contribution in [0, 0.1) is 0 Å². The van der Waals surface area contributed by atoms with E-state index in [0.29, 0.717) is 17.3 Å². The SMILES string of the molecule is C=CSCCCCCOC(=O)Nc1ccc(Cl)cc1. The number of thioether (sulfide) groups is 1. The van der Waals surface area contributed by atoms with Crippen molar-refractivity contribution in [3.05, 3.63) is 41.3 Å². The zero-order chi connectivity index (χ0) is 13.9. The summed E-state index contributed by atoms with van der Waals surface area (Å²) in [5.74, 6) is 1.07. The van der Waals surface area contributed by atoms with Gasteiger partial charge in [0.2, 0.25) is 0 Å². The van der Waals surface area contributed by atoms with Gasteiger partial charge in [0.05, 0.1) is 6.61 Å². The molecule has 0 fully saturated rings. The Bertz CT molecular complexity index is 395. The number of carbonyl (C=O) groups excluding carboxylic acids is 1. The number of hydrogen-bond acceptors (Lipinski definition) is 3. The number of rotatable bonds is 8. The number of benzene rings is 1. The Morgan fingerprint density at radius 1 is 1.32 bits per heavy atom. The average molecular weight is 300 g/mol. The van der Waals surface area contributed by atoms with Crippen molar-refractivity contribution in [1.29, 1.82) is 0 Å². The van der Waals surface area contributed by atoms with Crippen LogP contribution in [0.3, 0.4) is 0 Å². The summed E-state index contributed by atoms with van der Waals surface area (Å²) in [7, 11) is 0. The molecule has 1 rings (SSSR count). The molecule has 19 heavy (non-hydrogen) atoms. The zero-order valence-corrected chi connectivity index (χ0v) is 12.3. The van der Waals surface area contributed by atoms with Gasteiger partial charge in [-0.15, -0.1) is 11.8 Å². The number of ether oxygens (including phenoxy) is 1. The summed E-state index contributed by atoms with van der Waals surface area (Å²) in [4.78, 5) is 11.4. The highest BCUT2D eigenvalue weighted by molar-refractivity contribution is 8.02. The summed E-state index contributed by atoms with van der Waals surface area (Å²) in [6.45, 7) is 4.08. The first-order valence-corrected chi connectivity index (χ1v) is 7.57. The molecular formula is C14H18ClNO2S. The number of hydrogen-bond donors (Lipinski definition) is 1. The van der Waals surface area contributed by atoms with Gasteiger partial charge in [-0.2, -0.15) is 0 Å². The van der Waals surface area contributed by atoms with E-state index in [1.165, 1.54) is 0 Å². The molecule has 1 N–H and O–H groups in total. The van der Waals surface area contributed by atoms with E-state index in [-0.39, 0.29) is 0 Å². The van der Waals surface area contributed by atoms with E-state index in [9.17, 15) is 4.79 Å². The van der Waals surface area contributed by atoms with Gasteiger partial charge in [0.1, 0.15) is 0 Å². The lowest BCUT2D eigenvalue weighted by Crippen LogP contribution is -2.14. The molecule has 0 aliphatic rings. The van der Waals surface area contributed by atoms with Gasteiger partial charge in [0.15, 0.2) is 0 Å². The Morgan fingerprint density at radius 3 is 2.74 bits per heavy atom. The van der Waals surface area contributed by atoms with Gasteiger partial charge in [0.25, 0.3) is 0 Å². The monoisotopic (exact) mass is 299 g/mol. The number of anilines is 1. The molecule has 0 aromatic heterocycles. The van der Waals surface area contributed by atoms with E-state index in [1.807, 2.05) is 5.41 Å². The molecule has 1 aromatic rings. The molecular weight excluding hydrogens is 282 g/mol. The Labute approximate surface area is 123 Å². The van der Waals surface area contributed by atoms with Crippen LogP contribution in [0.1, 0.15) is 19.3 Å². The van der Waals surface area contributed by atoms with Crippen LogP contribution in [0.15, 0.2) is 36.3 Å². The van der Waals surface area contributed by atoms with E-state index < -0.39 is 6.09 Å². The molecule has 1 amide bonds. The lowest BCUT2D eigenvalue weighted by Gasteiger charge is -2.06. The van der Waals surface area contributed by atoms with Gasteiger partial charge < -0.3 is 4.74 Å². The molecule has 0 saturated heterocycles. The first-order chi connectivity index (χ1) is 9.22. The summed E-state index contributed by atoms with van der Waals surface area (Å²) < 4.78 is 5.07. The molecule has 1 aromatic carbocycles. The number of carbonyl (C=O) groups is 1. The number of unbranched alkanes of at least 4 members (excludes halogenated alkanes) is 2. The topological polar surface area (TPSA) is 38.3 Å². The lowest BCUT2D eigenvalue weighted by atomic mass is 10.3. The predicted molar refractivity (Wildman–Crippen MR) is 82.9 cm³/mol. The van der Waals surface area contributed by atoms with Gasteiger partial charge in [-0.05, 0) is 54.7 Å². The smallest absolute Gasteiger partial charge is 0.411 e. The third-order valence-corrected chi connectivity index (χ3v) is 3.36. The fourth-order valence-electron chi connectivity index (χ4n) is 1.40. The summed E-state index contributed by atoms with van der Waals surface area (Å²) in [6, 6.07) is 6.90. The highest BCUT2D eigenvalue weighted by Gasteiger charge is 2.02. The summed E-state index contributed by atoms with van der Waals surface area (Å²) in [5, 5.41) is 5.12. The van der Waals surface area contributed by atoms with Crippen molar-refractivity contribution in [2.24, 2.45) is 0 Å². The molecule has 0 atom stereocenters. The largest absolute Gasteiger partial charge is 0.449 e. The fourth-order valence-corrected chi connectivity index (χ4v) is 2.06. The molecule has 0 spiro atoms. The van der Waals surface area contributed by atoms with Crippen molar-refractivity contribution >= 4 is 35.1 Å². The van der Waals surface area contributed by atoms with E-state index in [4.69, 9.17) is 16.3 Å². The maximum absolute atomic E-state index is 11.4. The number of amides is 1. The average Bonchev–Trinajstić information content (AvgIpc) is 2.40. The normalized spacial score (nSPS) is 9.95. The third kappa shape index (κ3) is 7.80. The predicted octanol–water partition coefficient (Wildman–Crippen LogP) is 4.94. The van der Waals surface area contributed by atoms with Crippen LogP contribution >= 0.6 is 23.4 Å². The first-order valence-electron chi connectivity index (χ1n) is 6.14. The van der Waals surface area contributed by atoms with E-state index in [2.05, 4.69) is 11.9 Å². The Morgan fingerprint density at radius 2 is 2.05 bits per heavy atom. The minimum absolute atomic E-state index is 0.428. The maximum Gasteiger partial charge on any atom is 0.411 e. The van der Waals surface area contributed by atoms with Crippen LogP contribution in [0.5, 0.6) is 0 Å². The molecule has 0 aliphatic heterocycles. The van der Waals surface area contributed by atoms with Gasteiger partial charge >= 0.3 is 6.09 Å². The van der Waals surface area contributed by atoms with Gasteiger partial charge in [-0.25, -0.2) is 4.79 Å². The minimum Gasteiger partial charge on any atom is -0.449 e. The molecule has 0 saturated carbocycles. The zero-order valence-electron chi connectivity index (χ0n) is 10.7. The summed E-state index contributed by atoms with van der Waals surface area (Å²) in [6.07, 6.45) is 2.61. The van der Waals surface area contributed by atoms with Gasteiger partial charge in [0, 0.05) is 10.7 Å². The highest BCUT2D eigenvalue weighted by atomic mass is 35.5. The van der Waals surface area contributed by atoms with Crippen molar-refractivity contribution < 1.29 is 9.53 Å². The van der Waals surface area contributed by atoms with E-state index >= 15 is 0 Å². The van der Waals surface area contributed by atoms with Crippen molar-refractivity contribution in [3.63, 3.8) is 0 Å². The van der Waals surface area contributed by atoms with E-state index in [1.54, 1.807) is 36.0 Å². The standard InChI is InChI=1S/C14H18ClNO2S/c1-2-19-11-5-3-4-10-18-14(17)16-13-8-6-12(15)7-9-13/h2,6-9H,1,3-5,10-11H2,(H,16,17). The molecule has 104 valence electrons. The molecule has 0 heterocycles. The highest BCUT2D eigenvalue weighted by Crippen LogP contribution is 2.13. The summed E-state index contributed by atoms with van der Waals surface area (Å²) >= 11 is 7.46. The van der Waals surface area contributed by atoms with Crippen LogP contribution in [-0.4, -0.2) is 18.5 Å². The maximum atomic E-state index is 11.4. The minimum atomic E-state index is -0.428. The fraction of sp³-hybridized carbons (Fsp3) is 0.357.